The van der Waals surface area contributed by atoms with E-state index in [1.807, 2.05) is 12.1 Å². The number of nitrogens with one attached hydrogen (secondary N) is 2. The number of benzene rings is 2. The van der Waals surface area contributed by atoms with Crippen molar-refractivity contribution >= 4 is 17.9 Å². The summed E-state index contributed by atoms with van der Waals surface area (Å²) in [4.78, 5) is 22.0. The molecule has 44 heavy (non-hydrogen) atoms. The van der Waals surface area contributed by atoms with E-state index in [4.69, 9.17) is 10.1 Å². The molecule has 1 saturated heterocycles. The Morgan fingerprint density at radius 1 is 1.18 bits per heavy atom. The van der Waals surface area contributed by atoms with Gasteiger partial charge in [-0.3, -0.25) is 4.79 Å². The van der Waals surface area contributed by atoms with Gasteiger partial charge in [-0.1, -0.05) is 39.3 Å². The summed E-state index contributed by atoms with van der Waals surface area (Å²) in [6.07, 6.45) is 9.83. The van der Waals surface area contributed by atoms with Crippen molar-refractivity contribution < 1.29 is 18.4 Å². The van der Waals surface area contributed by atoms with E-state index in [9.17, 15) is 13.6 Å². The maximum absolute atomic E-state index is 12.4. The van der Waals surface area contributed by atoms with E-state index in [2.05, 4.69) is 54.5 Å². The summed E-state index contributed by atoms with van der Waals surface area (Å²) >= 11 is 0. The van der Waals surface area contributed by atoms with Crippen molar-refractivity contribution in [2.24, 2.45) is 17.8 Å². The fourth-order valence-corrected chi connectivity index (χ4v) is 6.40. The predicted molar refractivity (Wildman–Crippen MR) is 174 cm³/mol. The first-order chi connectivity index (χ1) is 21.0. The molecule has 3 unspecified atom stereocenters. The van der Waals surface area contributed by atoms with E-state index >= 15 is 0 Å². The molecular formula is C36H52F2N4O2. The molecule has 2 aromatic carbocycles. The lowest BCUT2D eigenvalue weighted by atomic mass is 9.74. The molecule has 2 saturated carbocycles. The van der Waals surface area contributed by atoms with E-state index in [0.717, 1.165) is 61.2 Å². The average Bonchev–Trinajstić information content (AvgIpc) is 3.60. The molecule has 0 aromatic heterocycles. The van der Waals surface area contributed by atoms with Gasteiger partial charge in [0.05, 0.1) is 11.6 Å². The Bertz CT molecular complexity index is 1230. The summed E-state index contributed by atoms with van der Waals surface area (Å²) < 4.78 is 24.6. The maximum atomic E-state index is 12.4. The van der Waals surface area contributed by atoms with Crippen molar-refractivity contribution in [3.63, 3.8) is 0 Å². The number of nitrogens with zero attached hydrogens (tertiary/aromatic N) is 2. The monoisotopic (exact) mass is 610 g/mol. The molecule has 0 spiro atoms. The van der Waals surface area contributed by atoms with Crippen molar-refractivity contribution in [3.05, 3.63) is 65.2 Å². The third kappa shape index (κ3) is 11.3. The Morgan fingerprint density at radius 2 is 1.91 bits per heavy atom. The van der Waals surface area contributed by atoms with E-state index in [-0.39, 0.29) is 5.91 Å². The number of hydrogen-bond acceptors (Lipinski definition) is 5. The first-order valence-electron chi connectivity index (χ1n) is 16.1. The standard InChI is InChI=1S/C17H21N.C10H20N2O.C7H7F2N.C2H4O/c1-12(2)14-6-7-17(10-16(17)9-14)15-5-3-4-13(8-15)11-18;1-3-4-6-12-7-5-10(8-12)11-9(2)13;1-10-5-2-3-6(8)7(9)4-5;1-2-3/h3-5,8,12,14,16H,6-7,9-10H2,1-2H3;10H,3-8H2,1-2H3,(H,11,13);2-4,10H,1H3;2H,1H3/t14?,16?,17-;;;/m1.../s1. The summed E-state index contributed by atoms with van der Waals surface area (Å²) in [6.45, 7) is 13.3. The Kier molecular flexibility index (Phi) is 15.5. The van der Waals surface area contributed by atoms with Crippen LogP contribution in [0, 0.1) is 40.7 Å². The number of aldehydes is 1. The Labute approximate surface area is 263 Å². The predicted octanol–water partition coefficient (Wildman–Crippen LogP) is 7.48. The van der Waals surface area contributed by atoms with Crippen molar-refractivity contribution in [1.29, 1.82) is 5.26 Å². The quantitative estimate of drug-likeness (QED) is 0.318. The van der Waals surface area contributed by atoms with Crippen LogP contribution in [-0.4, -0.2) is 49.8 Å². The van der Waals surface area contributed by atoms with Crippen LogP contribution in [0.1, 0.15) is 90.7 Å². The van der Waals surface area contributed by atoms with Crippen molar-refractivity contribution in [2.45, 2.75) is 91.0 Å². The maximum Gasteiger partial charge on any atom is 0.217 e. The van der Waals surface area contributed by atoms with Gasteiger partial charge < -0.3 is 20.3 Å². The fourth-order valence-electron chi connectivity index (χ4n) is 6.40. The van der Waals surface area contributed by atoms with E-state index in [1.54, 1.807) is 14.0 Å². The lowest BCUT2D eigenvalue weighted by Gasteiger charge is -2.31. The van der Waals surface area contributed by atoms with Crippen LogP contribution in [0.4, 0.5) is 14.5 Å². The van der Waals surface area contributed by atoms with Crippen LogP contribution >= 0.6 is 0 Å². The Hall–Kier alpha value is -3.31. The summed E-state index contributed by atoms with van der Waals surface area (Å²) in [7, 11) is 1.65. The van der Waals surface area contributed by atoms with Gasteiger partial charge >= 0.3 is 0 Å². The molecule has 3 aliphatic rings. The third-order valence-electron chi connectivity index (χ3n) is 9.01. The van der Waals surface area contributed by atoms with Gasteiger partial charge in [0.1, 0.15) is 6.29 Å². The number of hydrogen-bond donors (Lipinski definition) is 2. The number of halogens is 2. The number of amides is 1. The van der Waals surface area contributed by atoms with Crippen LogP contribution in [0.25, 0.3) is 0 Å². The SMILES string of the molecule is CC(C)C1CC[C@]2(c3cccc(C#N)c3)CC2C1.CC=O.CCCCN1CCC(NC(C)=O)C1.CNc1ccc(F)c(F)c1. The zero-order valence-corrected chi connectivity index (χ0v) is 27.5. The first-order valence-corrected chi connectivity index (χ1v) is 16.1. The second-order valence-corrected chi connectivity index (χ2v) is 12.5. The zero-order valence-electron chi connectivity index (χ0n) is 27.5. The summed E-state index contributed by atoms with van der Waals surface area (Å²) in [5.74, 6) is 1.08. The van der Waals surface area contributed by atoms with E-state index in [0.29, 0.717) is 17.1 Å². The van der Waals surface area contributed by atoms with Crippen LogP contribution in [0.3, 0.4) is 0 Å². The average molecular weight is 611 g/mol. The van der Waals surface area contributed by atoms with Gasteiger partial charge in [0, 0.05) is 38.8 Å². The summed E-state index contributed by atoms with van der Waals surface area (Å²) in [5, 5.41) is 14.7. The molecule has 6 nitrogen and oxygen atoms in total. The molecule has 1 heterocycles. The second kappa shape index (κ2) is 18.5. The molecule has 242 valence electrons. The molecule has 1 amide bonds. The number of unbranched alkanes of at least 4 members (excludes halogenated alkanes) is 1. The van der Waals surface area contributed by atoms with Crippen molar-refractivity contribution in [2.75, 3.05) is 32.0 Å². The molecular weight excluding hydrogens is 558 g/mol. The molecule has 2 aromatic rings. The third-order valence-corrected chi connectivity index (χ3v) is 9.01. The lowest BCUT2D eigenvalue weighted by molar-refractivity contribution is -0.119. The van der Waals surface area contributed by atoms with Crippen molar-refractivity contribution in [3.8, 4) is 6.07 Å². The van der Waals surface area contributed by atoms with Gasteiger partial charge in [-0.05, 0) is 111 Å². The number of anilines is 1. The number of fused-ring (bicyclic) bond motifs is 1. The van der Waals surface area contributed by atoms with Crippen LogP contribution in [0.5, 0.6) is 0 Å². The Balaban J connectivity index is 0.000000230. The topological polar surface area (TPSA) is 85.2 Å². The molecule has 3 fully saturated rings. The molecule has 4 atom stereocenters. The van der Waals surface area contributed by atoms with Gasteiger partial charge in [0.15, 0.2) is 11.6 Å². The second-order valence-electron chi connectivity index (χ2n) is 12.5. The largest absolute Gasteiger partial charge is 0.388 e. The molecule has 1 aliphatic heterocycles. The van der Waals surface area contributed by atoms with Crippen LogP contribution < -0.4 is 10.6 Å². The minimum absolute atomic E-state index is 0.0994. The molecule has 0 bridgehead atoms. The highest BCUT2D eigenvalue weighted by molar-refractivity contribution is 5.73. The molecule has 5 rings (SSSR count). The van der Waals surface area contributed by atoms with Gasteiger partial charge in [-0.15, -0.1) is 0 Å². The molecule has 2 aliphatic carbocycles. The highest BCUT2D eigenvalue weighted by Crippen LogP contribution is 2.64. The van der Waals surface area contributed by atoms with Gasteiger partial charge in [0.25, 0.3) is 0 Å². The van der Waals surface area contributed by atoms with Gasteiger partial charge in [-0.25, -0.2) is 8.78 Å². The van der Waals surface area contributed by atoms with Crippen LogP contribution in [-0.2, 0) is 15.0 Å². The minimum Gasteiger partial charge on any atom is -0.388 e. The molecule has 2 N–H and O–H groups in total. The number of carbonyl (C=O) groups excluding carboxylic acids is 2. The van der Waals surface area contributed by atoms with Crippen LogP contribution in [0.2, 0.25) is 0 Å². The first kappa shape index (κ1) is 36.9. The fraction of sp³-hybridized carbons (Fsp3) is 0.583. The smallest absolute Gasteiger partial charge is 0.217 e. The van der Waals surface area contributed by atoms with Crippen LogP contribution in [0.15, 0.2) is 42.5 Å². The number of carbonyl (C=O) groups is 2. The van der Waals surface area contributed by atoms with E-state index < -0.39 is 11.6 Å². The zero-order chi connectivity index (χ0) is 32.7. The van der Waals surface area contributed by atoms with Gasteiger partial charge in [-0.2, -0.15) is 5.26 Å². The number of likely N-dealkylation sites (tertiary alicyclic amines) is 1. The lowest BCUT2D eigenvalue weighted by Crippen LogP contribution is -2.35. The molecule has 0 radical (unpaired) electrons. The highest BCUT2D eigenvalue weighted by atomic mass is 19.2. The van der Waals surface area contributed by atoms with E-state index in [1.165, 1.54) is 63.6 Å². The molecule has 8 heteroatoms. The van der Waals surface area contributed by atoms with Crippen molar-refractivity contribution in [1.82, 2.24) is 10.2 Å². The highest BCUT2D eigenvalue weighted by Gasteiger charge is 2.57. The Morgan fingerprint density at radius 3 is 2.48 bits per heavy atom. The normalized spacial score (nSPS) is 23.2. The van der Waals surface area contributed by atoms with Gasteiger partial charge in [0.2, 0.25) is 5.91 Å². The summed E-state index contributed by atoms with van der Waals surface area (Å²) in [6, 6.07) is 14.6. The number of rotatable bonds is 7. The minimum atomic E-state index is -0.827. The summed E-state index contributed by atoms with van der Waals surface area (Å²) in [5.41, 5.74) is 3.25. The number of nitriles is 1.